The number of nitro groups is 1. The molecule has 1 aromatic carbocycles. The van der Waals surface area contributed by atoms with Crippen LogP contribution in [0.15, 0.2) is 42.5 Å². The summed E-state index contributed by atoms with van der Waals surface area (Å²) in [4.78, 5) is 11.1. The third-order valence-corrected chi connectivity index (χ3v) is 3.79. The fraction of sp³-hybridized carbons (Fsp3) is 0.333. The number of phenolic OH excluding ortho intramolecular Hbond substituents is 1. The molecule has 4 heteroatoms. The molecule has 0 fully saturated rings. The summed E-state index contributed by atoms with van der Waals surface area (Å²) in [5.41, 5.74) is 0.817. The van der Waals surface area contributed by atoms with E-state index in [0.717, 1.165) is 5.56 Å². The molecule has 0 heterocycles. The van der Waals surface area contributed by atoms with E-state index in [2.05, 4.69) is 0 Å². The van der Waals surface area contributed by atoms with E-state index in [0.29, 0.717) is 12.0 Å². The van der Waals surface area contributed by atoms with E-state index in [1.165, 1.54) is 0 Å². The molecule has 4 nitrogen and oxygen atoms in total. The van der Waals surface area contributed by atoms with Gasteiger partial charge in [0, 0.05) is 10.5 Å². The van der Waals surface area contributed by atoms with Gasteiger partial charge in [-0.15, -0.1) is 0 Å². The van der Waals surface area contributed by atoms with Crippen LogP contribution in [0, 0.1) is 17.0 Å². The first kappa shape index (κ1) is 13.3. The number of aryl methyl sites for hydroxylation is 1. The largest absolute Gasteiger partial charge is 0.508 e. The summed E-state index contributed by atoms with van der Waals surface area (Å²) in [6.07, 6.45) is 7.47. The van der Waals surface area contributed by atoms with Gasteiger partial charge in [-0.1, -0.05) is 42.8 Å². The van der Waals surface area contributed by atoms with Crippen molar-refractivity contribution in [1.29, 1.82) is 0 Å². The van der Waals surface area contributed by atoms with Crippen molar-refractivity contribution in [3.63, 3.8) is 0 Å². The van der Waals surface area contributed by atoms with Crippen molar-refractivity contribution < 1.29 is 10.0 Å². The minimum absolute atomic E-state index is 0.110. The highest BCUT2D eigenvalue weighted by molar-refractivity contribution is 5.47. The first-order valence-electron chi connectivity index (χ1n) is 6.31. The van der Waals surface area contributed by atoms with Crippen molar-refractivity contribution in [1.82, 2.24) is 0 Å². The van der Waals surface area contributed by atoms with Crippen molar-refractivity contribution in [2.45, 2.75) is 31.7 Å². The Labute approximate surface area is 112 Å². The van der Waals surface area contributed by atoms with Crippen LogP contribution >= 0.6 is 0 Å². The summed E-state index contributed by atoms with van der Waals surface area (Å²) in [6.45, 7) is 3.82. The zero-order valence-corrected chi connectivity index (χ0v) is 11.0. The summed E-state index contributed by atoms with van der Waals surface area (Å²) in [5.74, 6) is 0.110. The molecule has 1 aromatic rings. The van der Waals surface area contributed by atoms with Crippen molar-refractivity contribution in [3.8, 4) is 5.75 Å². The number of hydrogen-bond acceptors (Lipinski definition) is 3. The average molecular weight is 259 g/mol. The molecule has 2 rings (SSSR count). The molecule has 1 aliphatic carbocycles. The van der Waals surface area contributed by atoms with Crippen LogP contribution in [-0.2, 0) is 5.41 Å². The van der Waals surface area contributed by atoms with Gasteiger partial charge in [0.1, 0.15) is 5.75 Å². The molecule has 0 spiro atoms. The second-order valence-corrected chi connectivity index (χ2v) is 4.89. The summed E-state index contributed by atoms with van der Waals surface area (Å²) in [6, 6.07) is 4.38. The van der Waals surface area contributed by atoms with Crippen LogP contribution in [0.1, 0.15) is 24.5 Å². The lowest BCUT2D eigenvalue weighted by Gasteiger charge is -2.33. The minimum atomic E-state index is -0.852. The molecule has 0 amide bonds. The Morgan fingerprint density at radius 1 is 1.42 bits per heavy atom. The van der Waals surface area contributed by atoms with Crippen LogP contribution in [0.5, 0.6) is 5.75 Å². The van der Waals surface area contributed by atoms with Gasteiger partial charge in [0.25, 0.3) is 0 Å². The third kappa shape index (κ3) is 2.14. The SMILES string of the molecule is CC[C@@]1(c2cc(C)ccc2O)C=CC=CC1[N+](=O)[O-]. The number of rotatable bonds is 3. The number of phenols is 1. The molecule has 0 bridgehead atoms. The highest BCUT2D eigenvalue weighted by atomic mass is 16.6. The highest BCUT2D eigenvalue weighted by Gasteiger charge is 2.46. The summed E-state index contributed by atoms with van der Waals surface area (Å²) >= 11 is 0. The van der Waals surface area contributed by atoms with Crippen LogP contribution in [0.25, 0.3) is 0 Å². The van der Waals surface area contributed by atoms with Gasteiger partial charge in [0.15, 0.2) is 0 Å². The lowest BCUT2D eigenvalue weighted by atomic mass is 9.69. The molecule has 1 N–H and O–H groups in total. The summed E-state index contributed by atoms with van der Waals surface area (Å²) < 4.78 is 0. The van der Waals surface area contributed by atoms with E-state index in [9.17, 15) is 15.2 Å². The predicted molar refractivity (Wildman–Crippen MR) is 73.9 cm³/mol. The van der Waals surface area contributed by atoms with Gasteiger partial charge in [0.05, 0.1) is 5.41 Å². The molecule has 2 atom stereocenters. The predicted octanol–water partition coefficient (Wildman–Crippen LogP) is 3.12. The van der Waals surface area contributed by atoms with Gasteiger partial charge >= 0.3 is 0 Å². The standard InChI is InChI=1S/C15H17NO3/c1-3-15(9-5-4-6-14(15)16(18)19)12-10-11(2)7-8-13(12)17/h4-10,14,17H,3H2,1-2H3/t14?,15-/m0/s1. The van der Waals surface area contributed by atoms with E-state index in [1.54, 1.807) is 24.3 Å². The first-order chi connectivity index (χ1) is 9.01. The van der Waals surface area contributed by atoms with Crippen molar-refractivity contribution in [2.75, 3.05) is 0 Å². The minimum Gasteiger partial charge on any atom is -0.508 e. The van der Waals surface area contributed by atoms with Crippen LogP contribution in [0.2, 0.25) is 0 Å². The maximum Gasteiger partial charge on any atom is 0.244 e. The Kier molecular flexibility index (Phi) is 3.42. The fourth-order valence-electron chi connectivity index (χ4n) is 2.71. The normalized spacial score (nSPS) is 25.5. The molecule has 1 unspecified atom stereocenters. The van der Waals surface area contributed by atoms with E-state index in [4.69, 9.17) is 0 Å². The quantitative estimate of drug-likeness (QED) is 0.670. The van der Waals surface area contributed by atoms with Gasteiger partial charge in [-0.25, -0.2) is 0 Å². The Balaban J connectivity index is 2.64. The van der Waals surface area contributed by atoms with Gasteiger partial charge in [-0.05, 0) is 25.5 Å². The molecular weight excluding hydrogens is 242 g/mol. The smallest absolute Gasteiger partial charge is 0.244 e. The zero-order valence-electron chi connectivity index (χ0n) is 11.0. The Hall–Kier alpha value is -2.10. The van der Waals surface area contributed by atoms with Crippen LogP contribution < -0.4 is 0 Å². The average Bonchev–Trinajstić information content (AvgIpc) is 2.41. The van der Waals surface area contributed by atoms with Gasteiger partial charge in [-0.2, -0.15) is 0 Å². The number of hydrogen-bond donors (Lipinski definition) is 1. The number of aromatic hydroxyl groups is 1. The second kappa shape index (κ2) is 4.88. The third-order valence-electron chi connectivity index (χ3n) is 3.79. The maximum atomic E-state index is 11.3. The lowest BCUT2D eigenvalue weighted by molar-refractivity contribution is -0.519. The van der Waals surface area contributed by atoms with E-state index in [-0.39, 0.29) is 10.7 Å². The molecule has 0 radical (unpaired) electrons. The maximum absolute atomic E-state index is 11.3. The molecule has 0 saturated carbocycles. The highest BCUT2D eigenvalue weighted by Crippen LogP contribution is 2.42. The Morgan fingerprint density at radius 3 is 2.79 bits per heavy atom. The lowest BCUT2D eigenvalue weighted by Crippen LogP contribution is -2.42. The molecule has 0 aromatic heterocycles. The molecule has 0 aliphatic heterocycles. The molecule has 1 aliphatic rings. The first-order valence-corrected chi connectivity index (χ1v) is 6.31. The second-order valence-electron chi connectivity index (χ2n) is 4.89. The topological polar surface area (TPSA) is 63.4 Å². The summed E-state index contributed by atoms with van der Waals surface area (Å²) in [5, 5.41) is 21.4. The van der Waals surface area contributed by atoms with Crippen molar-refractivity contribution in [3.05, 3.63) is 63.7 Å². The van der Waals surface area contributed by atoms with E-state index in [1.807, 2.05) is 32.1 Å². The van der Waals surface area contributed by atoms with Gasteiger partial charge in [-0.3, -0.25) is 10.1 Å². The number of nitrogens with zero attached hydrogens (tertiary/aromatic N) is 1. The van der Waals surface area contributed by atoms with Gasteiger partial charge in [0.2, 0.25) is 6.04 Å². The monoisotopic (exact) mass is 259 g/mol. The van der Waals surface area contributed by atoms with Crippen molar-refractivity contribution in [2.24, 2.45) is 0 Å². The molecule has 100 valence electrons. The fourth-order valence-corrected chi connectivity index (χ4v) is 2.71. The Bertz CT molecular complexity index is 563. The van der Waals surface area contributed by atoms with Crippen LogP contribution in [-0.4, -0.2) is 16.1 Å². The zero-order chi connectivity index (χ0) is 14.0. The van der Waals surface area contributed by atoms with Crippen LogP contribution in [0.4, 0.5) is 0 Å². The number of allylic oxidation sites excluding steroid dienone is 2. The van der Waals surface area contributed by atoms with Crippen molar-refractivity contribution >= 4 is 0 Å². The van der Waals surface area contributed by atoms with Gasteiger partial charge < -0.3 is 5.11 Å². The molecule has 19 heavy (non-hydrogen) atoms. The van der Waals surface area contributed by atoms with E-state index < -0.39 is 11.5 Å². The molecular formula is C15H17NO3. The van der Waals surface area contributed by atoms with E-state index >= 15 is 0 Å². The van der Waals surface area contributed by atoms with Crippen LogP contribution in [0.3, 0.4) is 0 Å². The Morgan fingerprint density at radius 2 is 2.16 bits per heavy atom. The summed E-state index contributed by atoms with van der Waals surface area (Å²) in [7, 11) is 0. The molecule has 0 saturated heterocycles. The number of benzene rings is 1.